The van der Waals surface area contributed by atoms with Gasteiger partial charge >= 0.3 is 5.97 Å². The van der Waals surface area contributed by atoms with Gasteiger partial charge in [-0.1, -0.05) is 18.2 Å². The summed E-state index contributed by atoms with van der Waals surface area (Å²) in [5.74, 6) is -4.36. The van der Waals surface area contributed by atoms with Gasteiger partial charge in [0.1, 0.15) is 5.82 Å². The largest absolute Gasteiger partial charge is 0.479 e. The first-order valence-electron chi connectivity index (χ1n) is 5.68. The number of aliphatic carboxylic acids is 1. The molecule has 0 fully saturated rings. The minimum absolute atomic E-state index is 0.154. The Kier molecular flexibility index (Phi) is 3.93. The molecule has 0 aliphatic carbocycles. The molecule has 0 radical (unpaired) electrons. The molecule has 0 bridgehead atoms. The Balaban J connectivity index is 2.37. The van der Waals surface area contributed by atoms with E-state index in [0.717, 1.165) is 18.2 Å². The zero-order valence-electron chi connectivity index (χ0n) is 10.1. The number of hydrogen-bond donors (Lipinski definition) is 2. The summed E-state index contributed by atoms with van der Waals surface area (Å²) in [5, 5.41) is 11.6. The van der Waals surface area contributed by atoms with E-state index in [0.29, 0.717) is 0 Å². The Morgan fingerprint density at radius 2 is 1.80 bits per heavy atom. The highest BCUT2D eigenvalue weighted by Crippen LogP contribution is 2.24. The predicted molar refractivity (Wildman–Crippen MR) is 66.8 cm³/mol. The standard InChI is InChI=1S/C14H10F3NO2/c15-8-3-1-4-9(7-8)18-13(14(19)20)10-5-2-6-11(16)12(10)17/h1-7,13,18H,(H,19,20). The zero-order chi connectivity index (χ0) is 14.7. The average molecular weight is 281 g/mol. The fourth-order valence-electron chi connectivity index (χ4n) is 1.76. The molecule has 2 aromatic carbocycles. The van der Waals surface area contributed by atoms with Crippen LogP contribution in [0.2, 0.25) is 0 Å². The van der Waals surface area contributed by atoms with Crippen LogP contribution in [0.25, 0.3) is 0 Å². The van der Waals surface area contributed by atoms with E-state index in [1.165, 1.54) is 24.3 Å². The summed E-state index contributed by atoms with van der Waals surface area (Å²) in [4.78, 5) is 11.2. The van der Waals surface area contributed by atoms with E-state index in [2.05, 4.69) is 5.32 Å². The third-order valence-corrected chi connectivity index (χ3v) is 2.68. The summed E-state index contributed by atoms with van der Waals surface area (Å²) >= 11 is 0. The fraction of sp³-hybridized carbons (Fsp3) is 0.0714. The van der Waals surface area contributed by atoms with Crippen LogP contribution in [0.5, 0.6) is 0 Å². The molecule has 2 aromatic rings. The second-order valence-electron chi connectivity index (χ2n) is 4.07. The Hall–Kier alpha value is -2.50. The van der Waals surface area contributed by atoms with Crippen LogP contribution in [0.3, 0.4) is 0 Å². The number of anilines is 1. The first-order valence-corrected chi connectivity index (χ1v) is 5.68. The van der Waals surface area contributed by atoms with E-state index in [9.17, 15) is 18.0 Å². The molecule has 1 unspecified atom stereocenters. The maximum Gasteiger partial charge on any atom is 0.330 e. The van der Waals surface area contributed by atoms with Crippen molar-refractivity contribution < 1.29 is 23.1 Å². The van der Waals surface area contributed by atoms with E-state index in [4.69, 9.17) is 5.11 Å². The summed E-state index contributed by atoms with van der Waals surface area (Å²) in [6.45, 7) is 0. The van der Waals surface area contributed by atoms with Gasteiger partial charge in [-0.3, -0.25) is 0 Å². The SMILES string of the molecule is O=C(O)C(Nc1cccc(F)c1)c1cccc(F)c1F. The molecule has 6 heteroatoms. The molecule has 2 N–H and O–H groups in total. The summed E-state index contributed by atoms with van der Waals surface area (Å²) in [6, 6.07) is 6.78. The smallest absolute Gasteiger partial charge is 0.330 e. The minimum atomic E-state index is -1.52. The van der Waals surface area contributed by atoms with Crippen LogP contribution in [-0.4, -0.2) is 11.1 Å². The van der Waals surface area contributed by atoms with Gasteiger partial charge in [-0.25, -0.2) is 18.0 Å². The highest BCUT2D eigenvalue weighted by molar-refractivity contribution is 5.79. The van der Waals surface area contributed by atoms with Gasteiger partial charge < -0.3 is 10.4 Å². The maximum atomic E-state index is 13.6. The molecule has 0 aromatic heterocycles. The van der Waals surface area contributed by atoms with E-state index in [1.54, 1.807) is 0 Å². The van der Waals surface area contributed by atoms with Crippen molar-refractivity contribution in [2.45, 2.75) is 6.04 Å². The first-order chi connectivity index (χ1) is 9.49. The van der Waals surface area contributed by atoms with Gasteiger partial charge in [-0.2, -0.15) is 0 Å². The number of carbonyl (C=O) groups is 1. The van der Waals surface area contributed by atoms with Crippen molar-refractivity contribution in [1.29, 1.82) is 0 Å². The minimum Gasteiger partial charge on any atom is -0.479 e. The van der Waals surface area contributed by atoms with Crippen LogP contribution in [-0.2, 0) is 4.79 Å². The van der Waals surface area contributed by atoms with Crippen molar-refractivity contribution in [2.75, 3.05) is 5.32 Å². The van der Waals surface area contributed by atoms with Crippen molar-refractivity contribution >= 4 is 11.7 Å². The number of halogens is 3. The average Bonchev–Trinajstić information content (AvgIpc) is 2.39. The zero-order valence-corrected chi connectivity index (χ0v) is 10.1. The summed E-state index contributed by atoms with van der Waals surface area (Å²) < 4.78 is 39.8. The lowest BCUT2D eigenvalue weighted by Crippen LogP contribution is -2.22. The molecule has 0 aliphatic rings. The normalized spacial score (nSPS) is 11.9. The Morgan fingerprint density at radius 1 is 1.10 bits per heavy atom. The molecule has 0 spiro atoms. The molecule has 3 nitrogen and oxygen atoms in total. The van der Waals surface area contributed by atoms with Gasteiger partial charge in [0.15, 0.2) is 17.7 Å². The van der Waals surface area contributed by atoms with Crippen LogP contribution in [0.4, 0.5) is 18.9 Å². The van der Waals surface area contributed by atoms with Crippen molar-refractivity contribution in [2.24, 2.45) is 0 Å². The first kappa shape index (κ1) is 13.9. The molecule has 0 heterocycles. The highest BCUT2D eigenvalue weighted by Gasteiger charge is 2.24. The van der Waals surface area contributed by atoms with Crippen molar-refractivity contribution in [3.8, 4) is 0 Å². The predicted octanol–water partition coefficient (Wildman–Crippen LogP) is 3.34. The third kappa shape index (κ3) is 2.90. The van der Waals surface area contributed by atoms with Gasteiger partial charge in [0.05, 0.1) is 0 Å². The molecule has 0 amide bonds. The fourth-order valence-corrected chi connectivity index (χ4v) is 1.76. The molecule has 2 rings (SSSR count). The number of rotatable bonds is 4. The van der Waals surface area contributed by atoms with E-state index >= 15 is 0 Å². The lowest BCUT2D eigenvalue weighted by atomic mass is 10.1. The summed E-state index contributed by atoms with van der Waals surface area (Å²) in [7, 11) is 0. The summed E-state index contributed by atoms with van der Waals surface area (Å²) in [6.07, 6.45) is 0. The number of carboxylic acid groups (broad SMARTS) is 1. The second-order valence-corrected chi connectivity index (χ2v) is 4.07. The van der Waals surface area contributed by atoms with Gasteiger partial charge in [0, 0.05) is 11.3 Å². The molecule has 104 valence electrons. The van der Waals surface area contributed by atoms with Crippen molar-refractivity contribution in [3.63, 3.8) is 0 Å². The number of benzene rings is 2. The molecule has 0 saturated carbocycles. The van der Waals surface area contributed by atoms with Crippen LogP contribution in [0, 0.1) is 17.5 Å². The second kappa shape index (κ2) is 5.64. The van der Waals surface area contributed by atoms with Gasteiger partial charge in [0.2, 0.25) is 0 Å². The van der Waals surface area contributed by atoms with Gasteiger partial charge in [0.25, 0.3) is 0 Å². The van der Waals surface area contributed by atoms with E-state index in [-0.39, 0.29) is 11.3 Å². The maximum absolute atomic E-state index is 13.6. The molecular weight excluding hydrogens is 271 g/mol. The monoisotopic (exact) mass is 281 g/mol. The van der Waals surface area contributed by atoms with Crippen LogP contribution in [0.15, 0.2) is 42.5 Å². The molecule has 20 heavy (non-hydrogen) atoms. The molecule has 1 atom stereocenters. The van der Waals surface area contributed by atoms with Crippen LogP contribution in [0.1, 0.15) is 11.6 Å². The Labute approximate surface area is 112 Å². The van der Waals surface area contributed by atoms with Crippen molar-refractivity contribution in [1.82, 2.24) is 0 Å². The lowest BCUT2D eigenvalue weighted by molar-refractivity contribution is -0.138. The summed E-state index contributed by atoms with van der Waals surface area (Å²) in [5.41, 5.74) is -0.206. The molecule has 0 saturated heterocycles. The molecule has 0 aliphatic heterocycles. The Morgan fingerprint density at radius 3 is 2.45 bits per heavy atom. The Bertz CT molecular complexity index is 646. The number of carboxylic acids is 1. The molecular formula is C14H10F3NO2. The van der Waals surface area contributed by atoms with E-state index < -0.39 is 29.5 Å². The van der Waals surface area contributed by atoms with Crippen LogP contribution >= 0.6 is 0 Å². The third-order valence-electron chi connectivity index (χ3n) is 2.68. The number of hydrogen-bond acceptors (Lipinski definition) is 2. The van der Waals surface area contributed by atoms with Gasteiger partial charge in [-0.15, -0.1) is 0 Å². The quantitative estimate of drug-likeness (QED) is 0.903. The highest BCUT2D eigenvalue weighted by atomic mass is 19.2. The van der Waals surface area contributed by atoms with Gasteiger partial charge in [-0.05, 0) is 24.3 Å². The topological polar surface area (TPSA) is 49.3 Å². The van der Waals surface area contributed by atoms with Crippen molar-refractivity contribution in [3.05, 3.63) is 65.5 Å². The number of nitrogens with one attached hydrogen (secondary N) is 1. The lowest BCUT2D eigenvalue weighted by Gasteiger charge is -2.17. The van der Waals surface area contributed by atoms with Crippen LogP contribution < -0.4 is 5.32 Å². The van der Waals surface area contributed by atoms with E-state index in [1.807, 2.05) is 0 Å².